The van der Waals surface area contributed by atoms with Crippen molar-refractivity contribution in [2.24, 2.45) is 0 Å². The molecule has 2 saturated heterocycles. The van der Waals surface area contributed by atoms with E-state index in [9.17, 15) is 0 Å². The lowest BCUT2D eigenvalue weighted by atomic mass is 10.0. The van der Waals surface area contributed by atoms with E-state index in [1.165, 1.54) is 51.9 Å². The second-order valence-corrected chi connectivity index (χ2v) is 5.90. The van der Waals surface area contributed by atoms with Crippen molar-refractivity contribution in [2.45, 2.75) is 31.7 Å². The van der Waals surface area contributed by atoms with Crippen LogP contribution in [0.2, 0.25) is 0 Å². The fourth-order valence-corrected chi connectivity index (χ4v) is 3.38. The molecule has 0 aliphatic carbocycles. The molecular weight excluding hydrogens is 248 g/mol. The van der Waals surface area contributed by atoms with Gasteiger partial charge in [0.15, 0.2) is 0 Å². The van der Waals surface area contributed by atoms with Gasteiger partial charge in [0, 0.05) is 12.6 Å². The Labute approximate surface area is 122 Å². The Morgan fingerprint density at radius 3 is 2.45 bits per heavy atom. The van der Waals surface area contributed by atoms with Crippen LogP contribution in [0.15, 0.2) is 24.3 Å². The van der Waals surface area contributed by atoms with E-state index in [1.807, 2.05) is 24.3 Å². The second kappa shape index (κ2) is 7.09. The van der Waals surface area contributed by atoms with Crippen LogP contribution in [0.1, 0.15) is 25.7 Å². The van der Waals surface area contributed by atoms with E-state index in [0.29, 0.717) is 0 Å². The smallest absolute Gasteiger partial charge is 0.119 e. The third-order valence-corrected chi connectivity index (χ3v) is 4.58. The van der Waals surface area contributed by atoms with Crippen LogP contribution < -0.4 is 4.74 Å². The Hall–Kier alpha value is -1.06. The first-order chi connectivity index (χ1) is 9.92. The van der Waals surface area contributed by atoms with Gasteiger partial charge in [-0.25, -0.2) is 0 Å². The van der Waals surface area contributed by atoms with E-state index in [0.717, 1.165) is 24.9 Å². The molecule has 0 N–H and O–H groups in total. The monoisotopic (exact) mass is 273 g/mol. The predicted octanol–water partition coefficient (Wildman–Crippen LogP) is 2.43. The molecule has 1 aromatic rings. The number of hydrogen-bond donors (Lipinski definition) is 0. The van der Waals surface area contributed by atoms with Crippen LogP contribution in [0.3, 0.4) is 0 Å². The zero-order valence-electron chi connectivity index (χ0n) is 12.3. The van der Waals surface area contributed by atoms with Gasteiger partial charge in [-0.1, -0.05) is 12.1 Å². The van der Waals surface area contributed by atoms with E-state index >= 15 is 0 Å². The number of piperidine rings is 1. The van der Waals surface area contributed by atoms with Gasteiger partial charge >= 0.3 is 0 Å². The summed E-state index contributed by atoms with van der Waals surface area (Å²) < 4.78 is 5.76. The summed E-state index contributed by atoms with van der Waals surface area (Å²) in [4.78, 5) is 5.25. The van der Waals surface area contributed by atoms with Crippen molar-refractivity contribution in [1.29, 1.82) is 0 Å². The van der Waals surface area contributed by atoms with Gasteiger partial charge in [-0.15, -0.1) is 0 Å². The van der Waals surface area contributed by atoms with E-state index < -0.39 is 0 Å². The van der Waals surface area contributed by atoms with Crippen LogP contribution >= 0.6 is 0 Å². The molecular formula is C17H25N2O. The maximum absolute atomic E-state index is 5.76. The summed E-state index contributed by atoms with van der Waals surface area (Å²) >= 11 is 0. The lowest BCUT2D eigenvalue weighted by Crippen LogP contribution is -2.44. The number of hydrogen-bond acceptors (Lipinski definition) is 3. The Morgan fingerprint density at radius 1 is 1.05 bits per heavy atom. The van der Waals surface area contributed by atoms with E-state index in [2.05, 4.69) is 15.9 Å². The minimum absolute atomic E-state index is 0.790. The molecule has 0 atom stereocenters. The highest BCUT2D eigenvalue weighted by Crippen LogP contribution is 2.20. The third-order valence-electron chi connectivity index (χ3n) is 4.58. The first-order valence-corrected chi connectivity index (χ1v) is 7.97. The van der Waals surface area contributed by atoms with Crippen molar-refractivity contribution in [3.8, 4) is 5.75 Å². The summed E-state index contributed by atoms with van der Waals surface area (Å²) in [6.07, 6.45) is 5.48. The summed E-state index contributed by atoms with van der Waals surface area (Å²) in [7, 11) is 0. The van der Waals surface area contributed by atoms with E-state index in [4.69, 9.17) is 4.74 Å². The molecule has 2 aliphatic rings. The molecule has 20 heavy (non-hydrogen) atoms. The van der Waals surface area contributed by atoms with Crippen LogP contribution in [0.5, 0.6) is 5.75 Å². The zero-order valence-corrected chi connectivity index (χ0v) is 12.3. The summed E-state index contributed by atoms with van der Waals surface area (Å²) in [5.41, 5.74) is 0. The highest BCUT2D eigenvalue weighted by molar-refractivity contribution is 5.20. The Kier molecular flexibility index (Phi) is 4.93. The molecule has 2 heterocycles. The third kappa shape index (κ3) is 3.74. The van der Waals surface area contributed by atoms with Crippen molar-refractivity contribution < 1.29 is 4.74 Å². The predicted molar refractivity (Wildman–Crippen MR) is 81.0 cm³/mol. The second-order valence-electron chi connectivity index (χ2n) is 5.90. The minimum Gasteiger partial charge on any atom is -0.492 e. The molecule has 0 aromatic heterocycles. The van der Waals surface area contributed by atoms with Gasteiger partial charge in [0.05, 0.1) is 0 Å². The average Bonchev–Trinajstić information content (AvgIpc) is 3.03. The van der Waals surface area contributed by atoms with E-state index in [1.54, 1.807) is 0 Å². The van der Waals surface area contributed by atoms with Gasteiger partial charge in [0.2, 0.25) is 0 Å². The number of ether oxygens (including phenoxy) is 1. The number of benzene rings is 1. The van der Waals surface area contributed by atoms with Gasteiger partial charge in [-0.3, -0.25) is 4.90 Å². The van der Waals surface area contributed by atoms with Crippen LogP contribution in [0, 0.1) is 6.07 Å². The normalized spacial score (nSPS) is 22.2. The van der Waals surface area contributed by atoms with Crippen LogP contribution in [-0.2, 0) is 0 Å². The highest BCUT2D eigenvalue weighted by Gasteiger charge is 2.25. The number of likely N-dealkylation sites (tertiary alicyclic amines) is 2. The lowest BCUT2D eigenvalue weighted by molar-refractivity contribution is 0.114. The van der Waals surface area contributed by atoms with Gasteiger partial charge in [0.1, 0.15) is 12.4 Å². The van der Waals surface area contributed by atoms with Gasteiger partial charge in [-0.05, 0) is 70.1 Å². The molecule has 0 amide bonds. The van der Waals surface area contributed by atoms with E-state index in [-0.39, 0.29) is 0 Å². The molecule has 0 bridgehead atoms. The number of rotatable bonds is 5. The largest absolute Gasteiger partial charge is 0.492 e. The van der Waals surface area contributed by atoms with Crippen molar-refractivity contribution >= 4 is 0 Å². The standard InChI is InChI=1S/C17H25N2O/c1-2-6-17(7-3-1)20-15-14-18-12-8-16(9-13-18)19-10-4-5-11-19/h2-3,6-7,16H,4-5,8-15H2. The minimum atomic E-state index is 0.790. The van der Waals surface area contributed by atoms with Crippen LogP contribution in [0.4, 0.5) is 0 Å². The quantitative estimate of drug-likeness (QED) is 0.819. The SMILES string of the molecule is [c]1ccc(OCCN2CCC(N3CCCC3)CC2)cc1. The van der Waals surface area contributed by atoms with Crippen molar-refractivity contribution in [3.63, 3.8) is 0 Å². The molecule has 3 rings (SSSR count). The summed E-state index contributed by atoms with van der Waals surface area (Å²) in [6, 6.07) is 11.6. The van der Waals surface area contributed by atoms with Gasteiger partial charge < -0.3 is 9.64 Å². The van der Waals surface area contributed by atoms with Gasteiger partial charge in [-0.2, -0.15) is 0 Å². The average molecular weight is 273 g/mol. The van der Waals surface area contributed by atoms with Crippen LogP contribution in [-0.4, -0.2) is 55.2 Å². The molecule has 109 valence electrons. The molecule has 1 radical (unpaired) electrons. The fraction of sp³-hybridized carbons (Fsp3) is 0.647. The Morgan fingerprint density at radius 2 is 1.75 bits per heavy atom. The first-order valence-electron chi connectivity index (χ1n) is 7.97. The molecule has 3 nitrogen and oxygen atoms in total. The van der Waals surface area contributed by atoms with Crippen LogP contribution in [0.25, 0.3) is 0 Å². The maximum Gasteiger partial charge on any atom is 0.119 e. The van der Waals surface area contributed by atoms with Crippen molar-refractivity contribution in [2.75, 3.05) is 39.3 Å². The first kappa shape index (κ1) is 13.9. The van der Waals surface area contributed by atoms with Crippen molar-refractivity contribution in [1.82, 2.24) is 9.80 Å². The zero-order chi connectivity index (χ0) is 13.6. The fourth-order valence-electron chi connectivity index (χ4n) is 3.38. The van der Waals surface area contributed by atoms with Crippen molar-refractivity contribution in [3.05, 3.63) is 30.3 Å². The lowest BCUT2D eigenvalue weighted by Gasteiger charge is -2.36. The highest BCUT2D eigenvalue weighted by atomic mass is 16.5. The summed E-state index contributed by atoms with van der Waals surface area (Å²) in [5.74, 6) is 0.954. The molecule has 2 fully saturated rings. The molecule has 0 unspecified atom stereocenters. The molecule has 0 saturated carbocycles. The summed E-state index contributed by atoms with van der Waals surface area (Å²) in [6.45, 7) is 6.96. The summed E-state index contributed by atoms with van der Waals surface area (Å²) in [5, 5.41) is 0. The Bertz CT molecular complexity index is 381. The maximum atomic E-state index is 5.76. The molecule has 2 aliphatic heterocycles. The molecule has 3 heteroatoms. The molecule has 1 aromatic carbocycles. The molecule has 0 spiro atoms. The Balaban J connectivity index is 1.34. The topological polar surface area (TPSA) is 15.7 Å². The van der Waals surface area contributed by atoms with Gasteiger partial charge in [0.25, 0.3) is 0 Å². The number of nitrogens with zero attached hydrogens (tertiary/aromatic N) is 2.